The van der Waals surface area contributed by atoms with Gasteiger partial charge in [0.2, 0.25) is 10.0 Å². The van der Waals surface area contributed by atoms with Crippen LogP contribution in [0.3, 0.4) is 0 Å². The average Bonchev–Trinajstić information content (AvgIpc) is 2.79. The molecule has 31 heavy (non-hydrogen) atoms. The number of hydrogen-bond acceptors (Lipinski definition) is 5. The maximum Gasteiger partial charge on any atom is 0.253 e. The Morgan fingerprint density at radius 3 is 2.55 bits per heavy atom. The van der Waals surface area contributed by atoms with E-state index < -0.39 is 10.0 Å². The summed E-state index contributed by atoms with van der Waals surface area (Å²) in [5.74, 6) is 0.629. The van der Waals surface area contributed by atoms with E-state index in [-0.39, 0.29) is 17.3 Å². The number of amides is 1. The second kappa shape index (κ2) is 10.7. The van der Waals surface area contributed by atoms with Crippen LogP contribution >= 0.6 is 0 Å². The third kappa shape index (κ3) is 6.29. The van der Waals surface area contributed by atoms with E-state index >= 15 is 0 Å². The number of carbonyl (C=O) groups excluding carboxylic acids is 1. The van der Waals surface area contributed by atoms with Crippen LogP contribution in [0.1, 0.15) is 40.7 Å². The van der Waals surface area contributed by atoms with Gasteiger partial charge >= 0.3 is 0 Å². The van der Waals surface area contributed by atoms with E-state index in [1.165, 1.54) is 6.07 Å². The Balaban J connectivity index is 1.65. The van der Waals surface area contributed by atoms with Gasteiger partial charge in [-0.1, -0.05) is 12.1 Å². The van der Waals surface area contributed by atoms with Crippen molar-refractivity contribution >= 4 is 15.9 Å². The molecule has 0 radical (unpaired) electrons. The van der Waals surface area contributed by atoms with Gasteiger partial charge in [0.25, 0.3) is 5.91 Å². The van der Waals surface area contributed by atoms with E-state index in [9.17, 15) is 13.2 Å². The molecule has 1 aliphatic rings. The number of carbonyl (C=O) groups is 1. The number of piperidine rings is 1. The molecule has 0 unspecified atom stereocenters. The number of rotatable bonds is 9. The van der Waals surface area contributed by atoms with E-state index in [1.807, 2.05) is 11.0 Å². The molecule has 0 aromatic heterocycles. The second-order valence-corrected chi connectivity index (χ2v) is 9.41. The number of aryl methyl sites for hydroxylation is 1. The lowest BCUT2D eigenvalue weighted by Gasteiger charge is -2.26. The lowest BCUT2D eigenvalue weighted by Crippen LogP contribution is -2.35. The van der Waals surface area contributed by atoms with Gasteiger partial charge < -0.3 is 14.4 Å². The first-order chi connectivity index (χ1) is 14.9. The Morgan fingerprint density at radius 2 is 1.84 bits per heavy atom. The van der Waals surface area contributed by atoms with Gasteiger partial charge in [-0.2, -0.15) is 0 Å². The first kappa shape index (κ1) is 23.2. The Hall–Kier alpha value is -2.42. The summed E-state index contributed by atoms with van der Waals surface area (Å²) in [6, 6.07) is 11.9. The van der Waals surface area contributed by atoms with Crippen molar-refractivity contribution in [1.82, 2.24) is 9.62 Å². The molecule has 1 saturated heterocycles. The minimum atomic E-state index is -3.70. The molecular formula is C23H30N2O5S. The van der Waals surface area contributed by atoms with Crippen LogP contribution in [0.15, 0.2) is 47.4 Å². The summed E-state index contributed by atoms with van der Waals surface area (Å²) >= 11 is 0. The van der Waals surface area contributed by atoms with E-state index in [1.54, 1.807) is 44.4 Å². The zero-order valence-electron chi connectivity index (χ0n) is 18.1. The van der Waals surface area contributed by atoms with Gasteiger partial charge in [0.1, 0.15) is 12.4 Å². The number of ether oxygens (including phenoxy) is 2. The Bertz CT molecular complexity index is 1000. The van der Waals surface area contributed by atoms with Crippen LogP contribution < -0.4 is 9.46 Å². The molecule has 1 heterocycles. The summed E-state index contributed by atoms with van der Waals surface area (Å²) in [5, 5.41) is 0. The van der Waals surface area contributed by atoms with Crippen LogP contribution in [0.25, 0.3) is 0 Å². The van der Waals surface area contributed by atoms with Crippen molar-refractivity contribution in [3.05, 3.63) is 59.2 Å². The number of nitrogens with one attached hydrogen (secondary N) is 1. The Labute approximate surface area is 184 Å². The minimum absolute atomic E-state index is 0.00379. The van der Waals surface area contributed by atoms with Crippen LogP contribution in [0.4, 0.5) is 0 Å². The molecule has 8 heteroatoms. The SMILES string of the molecule is COCCOc1ccc(S(=O)(=O)NCc2cccc(C(=O)N3CCCCC3)c2)cc1C. The molecule has 0 atom stereocenters. The van der Waals surface area contributed by atoms with E-state index in [4.69, 9.17) is 9.47 Å². The quantitative estimate of drug-likeness (QED) is 0.598. The molecule has 1 aliphatic heterocycles. The molecule has 0 spiro atoms. The van der Waals surface area contributed by atoms with Crippen molar-refractivity contribution in [2.75, 3.05) is 33.4 Å². The maximum atomic E-state index is 12.7. The van der Waals surface area contributed by atoms with E-state index in [0.29, 0.717) is 24.5 Å². The van der Waals surface area contributed by atoms with Crippen molar-refractivity contribution in [2.45, 2.75) is 37.6 Å². The summed E-state index contributed by atoms with van der Waals surface area (Å²) in [7, 11) is -2.11. The highest BCUT2D eigenvalue weighted by Gasteiger charge is 2.19. The number of nitrogens with zero attached hydrogens (tertiary/aromatic N) is 1. The monoisotopic (exact) mass is 446 g/mol. The molecule has 168 valence electrons. The van der Waals surface area contributed by atoms with Gasteiger partial charge in [-0.05, 0) is 67.6 Å². The van der Waals surface area contributed by atoms with Crippen LogP contribution in [0, 0.1) is 6.92 Å². The smallest absolute Gasteiger partial charge is 0.253 e. The van der Waals surface area contributed by atoms with Gasteiger partial charge in [-0.3, -0.25) is 4.79 Å². The van der Waals surface area contributed by atoms with Crippen molar-refractivity contribution in [1.29, 1.82) is 0 Å². The molecule has 1 fully saturated rings. The summed E-state index contributed by atoms with van der Waals surface area (Å²) in [5.41, 5.74) is 2.06. The number of hydrogen-bond donors (Lipinski definition) is 1. The number of benzene rings is 2. The predicted molar refractivity (Wildman–Crippen MR) is 119 cm³/mol. The fourth-order valence-electron chi connectivity index (χ4n) is 3.54. The topological polar surface area (TPSA) is 84.9 Å². The third-order valence-electron chi connectivity index (χ3n) is 5.29. The number of likely N-dealkylation sites (tertiary alicyclic amines) is 1. The van der Waals surface area contributed by atoms with Crippen LogP contribution in [-0.2, 0) is 21.3 Å². The lowest BCUT2D eigenvalue weighted by atomic mass is 10.1. The molecule has 3 rings (SSSR count). The Morgan fingerprint density at radius 1 is 1.06 bits per heavy atom. The molecule has 0 aliphatic carbocycles. The third-order valence-corrected chi connectivity index (χ3v) is 6.68. The summed E-state index contributed by atoms with van der Waals surface area (Å²) in [4.78, 5) is 14.7. The van der Waals surface area contributed by atoms with E-state index in [2.05, 4.69) is 4.72 Å². The van der Waals surface area contributed by atoms with Gasteiger partial charge in [0, 0.05) is 32.3 Å². The number of methoxy groups -OCH3 is 1. The maximum absolute atomic E-state index is 12.7. The zero-order valence-corrected chi connectivity index (χ0v) is 18.9. The first-order valence-electron chi connectivity index (χ1n) is 10.5. The van der Waals surface area contributed by atoms with Gasteiger partial charge in [0.05, 0.1) is 11.5 Å². The summed E-state index contributed by atoms with van der Waals surface area (Å²) < 4.78 is 38.7. The summed E-state index contributed by atoms with van der Waals surface area (Å²) in [6.45, 7) is 4.32. The van der Waals surface area contributed by atoms with Gasteiger partial charge in [-0.25, -0.2) is 13.1 Å². The summed E-state index contributed by atoms with van der Waals surface area (Å²) in [6.07, 6.45) is 3.22. The van der Waals surface area contributed by atoms with Crippen molar-refractivity contribution < 1.29 is 22.7 Å². The number of sulfonamides is 1. The molecule has 2 aromatic carbocycles. The predicted octanol–water partition coefficient (Wildman–Crippen LogP) is 3.12. The highest BCUT2D eigenvalue weighted by atomic mass is 32.2. The molecule has 0 bridgehead atoms. The van der Waals surface area contributed by atoms with Gasteiger partial charge in [-0.15, -0.1) is 0 Å². The fraction of sp³-hybridized carbons (Fsp3) is 0.435. The standard InChI is InChI=1S/C23H30N2O5S/c1-18-15-21(9-10-22(18)30-14-13-29-2)31(27,28)24-17-19-7-6-8-20(16-19)23(26)25-11-4-3-5-12-25/h6-10,15-16,24H,3-5,11-14,17H2,1-2H3. The highest BCUT2D eigenvalue weighted by molar-refractivity contribution is 7.89. The zero-order chi connectivity index (χ0) is 22.3. The average molecular weight is 447 g/mol. The van der Waals surface area contributed by atoms with Crippen LogP contribution in [0.5, 0.6) is 5.75 Å². The minimum Gasteiger partial charge on any atom is -0.491 e. The second-order valence-electron chi connectivity index (χ2n) is 7.65. The van der Waals surface area contributed by atoms with E-state index in [0.717, 1.165) is 43.5 Å². The van der Waals surface area contributed by atoms with Crippen molar-refractivity contribution in [2.24, 2.45) is 0 Å². The molecule has 1 amide bonds. The highest BCUT2D eigenvalue weighted by Crippen LogP contribution is 2.22. The van der Waals surface area contributed by atoms with Crippen LogP contribution in [-0.4, -0.2) is 52.6 Å². The molecule has 2 aromatic rings. The first-order valence-corrected chi connectivity index (χ1v) is 12.0. The lowest BCUT2D eigenvalue weighted by molar-refractivity contribution is 0.0724. The van der Waals surface area contributed by atoms with Crippen molar-refractivity contribution in [3.63, 3.8) is 0 Å². The molecular weight excluding hydrogens is 416 g/mol. The van der Waals surface area contributed by atoms with Gasteiger partial charge in [0.15, 0.2) is 0 Å². The van der Waals surface area contributed by atoms with Crippen LogP contribution in [0.2, 0.25) is 0 Å². The normalized spacial score (nSPS) is 14.5. The molecule has 1 N–H and O–H groups in total. The molecule has 0 saturated carbocycles. The molecule has 7 nitrogen and oxygen atoms in total. The Kier molecular flexibility index (Phi) is 8.06. The largest absolute Gasteiger partial charge is 0.491 e. The van der Waals surface area contributed by atoms with Crippen molar-refractivity contribution in [3.8, 4) is 5.75 Å². The fourth-order valence-corrected chi connectivity index (χ4v) is 4.64.